The van der Waals surface area contributed by atoms with Gasteiger partial charge in [0.25, 0.3) is 0 Å². The van der Waals surface area contributed by atoms with Gasteiger partial charge in [0.15, 0.2) is 0 Å². The summed E-state index contributed by atoms with van der Waals surface area (Å²) < 4.78 is 12.2. The highest BCUT2D eigenvalue weighted by Crippen LogP contribution is 2.27. The number of amides is 1. The van der Waals surface area contributed by atoms with Crippen molar-refractivity contribution in [1.29, 1.82) is 5.26 Å². The van der Waals surface area contributed by atoms with Crippen LogP contribution in [0.4, 0.5) is 0 Å². The number of carbonyl (C=O) groups excluding carboxylic acids is 1. The molecule has 1 aliphatic carbocycles. The van der Waals surface area contributed by atoms with Gasteiger partial charge in [-0.3, -0.25) is 9.00 Å². The lowest BCUT2D eigenvalue weighted by Gasteiger charge is -2.26. The van der Waals surface area contributed by atoms with Gasteiger partial charge < -0.3 is 4.90 Å². The summed E-state index contributed by atoms with van der Waals surface area (Å²) in [6.07, 6.45) is 5.16. The first-order valence-corrected chi connectivity index (χ1v) is 8.41. The third kappa shape index (κ3) is 5.73. The van der Waals surface area contributed by atoms with E-state index in [0.717, 1.165) is 19.3 Å². The largest absolute Gasteiger partial charge is 0.345 e. The van der Waals surface area contributed by atoms with Gasteiger partial charge in [0.1, 0.15) is 0 Å². The molecule has 0 radical (unpaired) electrons. The van der Waals surface area contributed by atoms with Crippen LogP contribution in [0.3, 0.4) is 0 Å². The second kappa shape index (κ2) is 8.31. The zero-order chi connectivity index (χ0) is 14.3. The Kier molecular flexibility index (Phi) is 7.07. The second-order valence-electron chi connectivity index (χ2n) is 5.45. The molecule has 4 nitrogen and oxygen atoms in total. The maximum Gasteiger partial charge on any atom is 0.223 e. The monoisotopic (exact) mass is 284 g/mol. The van der Waals surface area contributed by atoms with E-state index in [9.17, 15) is 9.00 Å². The molecule has 0 heterocycles. The Morgan fingerprint density at radius 3 is 2.84 bits per heavy atom. The van der Waals surface area contributed by atoms with Crippen molar-refractivity contribution in [2.75, 3.05) is 19.3 Å². The Morgan fingerprint density at radius 1 is 1.47 bits per heavy atom. The maximum absolute atomic E-state index is 12.2. The van der Waals surface area contributed by atoms with Gasteiger partial charge >= 0.3 is 0 Å². The zero-order valence-corrected chi connectivity index (χ0v) is 12.7. The smallest absolute Gasteiger partial charge is 0.223 e. The predicted octanol–water partition coefficient (Wildman–Crippen LogP) is 2.08. The molecule has 0 saturated heterocycles. The van der Waals surface area contributed by atoms with Crippen LogP contribution in [0.1, 0.15) is 45.4 Å². The number of nitrogens with zero attached hydrogens (tertiary/aromatic N) is 2. The topological polar surface area (TPSA) is 61.2 Å². The highest BCUT2D eigenvalue weighted by molar-refractivity contribution is 7.85. The van der Waals surface area contributed by atoms with Crippen molar-refractivity contribution in [1.82, 2.24) is 4.90 Å². The summed E-state index contributed by atoms with van der Waals surface area (Å²) in [4.78, 5) is 13.3. The molecule has 1 aliphatic rings. The average molecular weight is 284 g/mol. The van der Waals surface area contributed by atoms with Crippen LogP contribution in [0.15, 0.2) is 0 Å². The molecule has 1 rings (SSSR count). The van der Waals surface area contributed by atoms with E-state index in [1.165, 1.54) is 6.42 Å². The number of hydrogen-bond donors (Lipinski definition) is 0. The maximum atomic E-state index is 12.2. The molecule has 1 amide bonds. The van der Waals surface area contributed by atoms with Crippen LogP contribution in [0.2, 0.25) is 0 Å². The molecule has 108 valence electrons. The summed E-state index contributed by atoms with van der Waals surface area (Å²) in [6.45, 7) is 2.67. The third-order valence-corrected chi connectivity index (χ3v) is 5.54. The molecule has 0 aliphatic heterocycles. The highest BCUT2D eigenvalue weighted by Gasteiger charge is 2.24. The molecule has 0 aromatic carbocycles. The molecule has 1 saturated carbocycles. The fraction of sp³-hybridized carbons (Fsp3) is 0.857. The molecule has 0 N–H and O–H groups in total. The van der Waals surface area contributed by atoms with E-state index in [1.54, 1.807) is 11.9 Å². The Morgan fingerprint density at radius 2 is 2.21 bits per heavy atom. The van der Waals surface area contributed by atoms with Crippen molar-refractivity contribution in [3.05, 3.63) is 0 Å². The second-order valence-corrected chi connectivity index (χ2v) is 7.29. The number of hydrogen-bond acceptors (Lipinski definition) is 3. The lowest BCUT2D eigenvalue weighted by atomic mass is 9.91. The van der Waals surface area contributed by atoms with Crippen molar-refractivity contribution in [2.24, 2.45) is 5.92 Å². The molecule has 3 atom stereocenters. The lowest BCUT2D eigenvalue weighted by Crippen LogP contribution is -2.30. The lowest BCUT2D eigenvalue weighted by molar-refractivity contribution is -0.129. The molecular weight excluding hydrogens is 260 g/mol. The highest BCUT2D eigenvalue weighted by atomic mass is 32.2. The minimum atomic E-state index is -0.883. The standard InChI is InChI=1S/C14H24N2O2S/c1-12-5-3-6-13(11-12)19(18)10-7-14(17)16(2)9-4-8-15/h12-13H,3-7,9-11H2,1-2H3. The summed E-state index contributed by atoms with van der Waals surface area (Å²) in [5.41, 5.74) is 0. The summed E-state index contributed by atoms with van der Waals surface area (Å²) in [5.74, 6) is 1.12. The van der Waals surface area contributed by atoms with Crippen LogP contribution in [0, 0.1) is 17.2 Å². The summed E-state index contributed by atoms with van der Waals surface area (Å²) >= 11 is 0. The van der Waals surface area contributed by atoms with Crippen LogP contribution in [-0.2, 0) is 15.6 Å². The molecule has 1 fully saturated rings. The van der Waals surface area contributed by atoms with E-state index >= 15 is 0 Å². The summed E-state index contributed by atoms with van der Waals surface area (Å²) in [6, 6.07) is 2.02. The molecule has 5 heteroatoms. The van der Waals surface area contributed by atoms with Crippen LogP contribution in [-0.4, -0.2) is 39.6 Å². The van der Waals surface area contributed by atoms with Gasteiger partial charge in [-0.25, -0.2) is 0 Å². The zero-order valence-electron chi connectivity index (χ0n) is 11.9. The number of nitriles is 1. The van der Waals surface area contributed by atoms with Crippen molar-refractivity contribution in [2.45, 2.75) is 50.7 Å². The normalized spacial score (nSPS) is 24.5. The van der Waals surface area contributed by atoms with E-state index in [2.05, 4.69) is 6.92 Å². The number of carbonyl (C=O) groups is 1. The molecule has 0 bridgehead atoms. The predicted molar refractivity (Wildman–Crippen MR) is 76.9 cm³/mol. The Balaban J connectivity index is 2.29. The first-order valence-electron chi connectivity index (χ1n) is 7.02. The van der Waals surface area contributed by atoms with Gasteiger partial charge in [-0.05, 0) is 18.8 Å². The fourth-order valence-electron chi connectivity index (χ4n) is 2.51. The first-order chi connectivity index (χ1) is 9.04. The van der Waals surface area contributed by atoms with Crippen LogP contribution in [0.25, 0.3) is 0 Å². The van der Waals surface area contributed by atoms with Gasteiger partial charge in [-0.15, -0.1) is 0 Å². The molecular formula is C14H24N2O2S. The molecule has 0 aromatic rings. The van der Waals surface area contributed by atoms with Crippen molar-refractivity contribution < 1.29 is 9.00 Å². The van der Waals surface area contributed by atoms with E-state index in [4.69, 9.17) is 5.26 Å². The first kappa shape index (κ1) is 16.2. The van der Waals surface area contributed by atoms with E-state index in [0.29, 0.717) is 31.1 Å². The van der Waals surface area contributed by atoms with Crippen molar-refractivity contribution in [3.8, 4) is 6.07 Å². The van der Waals surface area contributed by atoms with Crippen LogP contribution >= 0.6 is 0 Å². The van der Waals surface area contributed by atoms with E-state index in [-0.39, 0.29) is 11.2 Å². The summed E-state index contributed by atoms with van der Waals surface area (Å²) in [5, 5.41) is 8.75. The van der Waals surface area contributed by atoms with Gasteiger partial charge in [-0.1, -0.05) is 19.8 Å². The SMILES string of the molecule is CC1CCCC(S(=O)CCC(=O)N(C)CCC#N)C1. The molecule has 0 aromatic heterocycles. The molecule has 3 unspecified atom stereocenters. The van der Waals surface area contributed by atoms with E-state index < -0.39 is 10.8 Å². The minimum absolute atomic E-state index is 0.00698. The van der Waals surface area contributed by atoms with Gasteiger partial charge in [0.05, 0.1) is 12.5 Å². The molecule has 0 spiro atoms. The van der Waals surface area contributed by atoms with E-state index in [1.807, 2.05) is 6.07 Å². The van der Waals surface area contributed by atoms with Gasteiger partial charge in [0.2, 0.25) is 5.91 Å². The minimum Gasteiger partial charge on any atom is -0.345 e. The third-order valence-electron chi connectivity index (χ3n) is 3.76. The fourth-order valence-corrected chi connectivity index (χ4v) is 4.19. The number of rotatable bonds is 6. The van der Waals surface area contributed by atoms with Gasteiger partial charge in [0, 0.05) is 41.8 Å². The van der Waals surface area contributed by atoms with Crippen LogP contribution < -0.4 is 0 Å². The quantitative estimate of drug-likeness (QED) is 0.750. The summed E-state index contributed by atoms with van der Waals surface area (Å²) in [7, 11) is 0.817. The Hall–Kier alpha value is -0.890. The van der Waals surface area contributed by atoms with Gasteiger partial charge in [-0.2, -0.15) is 5.26 Å². The van der Waals surface area contributed by atoms with Crippen LogP contribution in [0.5, 0.6) is 0 Å². The Bertz CT molecular complexity index is 365. The average Bonchev–Trinajstić information content (AvgIpc) is 2.41. The van der Waals surface area contributed by atoms with Crippen molar-refractivity contribution in [3.63, 3.8) is 0 Å². The van der Waals surface area contributed by atoms with Crippen molar-refractivity contribution >= 4 is 16.7 Å². The Labute approximate surface area is 118 Å². The molecule has 19 heavy (non-hydrogen) atoms.